The van der Waals surface area contributed by atoms with Crippen molar-refractivity contribution in [2.24, 2.45) is 0 Å². The Hall–Kier alpha value is -2.88. The summed E-state index contributed by atoms with van der Waals surface area (Å²) in [7, 11) is 0. The van der Waals surface area contributed by atoms with Gasteiger partial charge in [0.1, 0.15) is 5.75 Å². The Labute approximate surface area is 177 Å². The van der Waals surface area contributed by atoms with E-state index in [9.17, 15) is 22.8 Å². The Morgan fingerprint density at radius 3 is 2.60 bits per heavy atom. The van der Waals surface area contributed by atoms with E-state index in [1.807, 2.05) is 0 Å². The molecule has 0 radical (unpaired) electrons. The number of aryl methyl sites for hydroxylation is 1. The normalized spacial score (nSPS) is 11.5. The number of carbonyl (C=O) groups excluding carboxylic acids is 1. The van der Waals surface area contributed by atoms with Gasteiger partial charge in [0.15, 0.2) is 6.61 Å². The molecule has 1 N–H and O–H groups in total. The predicted molar refractivity (Wildman–Crippen MR) is 108 cm³/mol. The number of hydrogen-bond donors (Lipinski definition) is 1. The van der Waals surface area contributed by atoms with Crippen LogP contribution in [-0.2, 0) is 17.9 Å². The van der Waals surface area contributed by atoms with Crippen LogP contribution in [0.25, 0.3) is 10.9 Å². The molecule has 1 aromatic heterocycles. The summed E-state index contributed by atoms with van der Waals surface area (Å²) in [5, 5.41) is 3.17. The van der Waals surface area contributed by atoms with Gasteiger partial charge in [-0.15, -0.1) is 0 Å². The Balaban J connectivity index is 1.51. The van der Waals surface area contributed by atoms with Crippen LogP contribution >= 0.6 is 15.9 Å². The van der Waals surface area contributed by atoms with Crippen molar-refractivity contribution in [3.8, 4) is 5.75 Å². The molecule has 3 aromatic rings. The molecule has 158 valence electrons. The van der Waals surface area contributed by atoms with Crippen molar-refractivity contribution in [2.75, 3.05) is 6.61 Å². The van der Waals surface area contributed by atoms with Gasteiger partial charge in [-0.1, -0.05) is 28.1 Å². The average molecular weight is 484 g/mol. The summed E-state index contributed by atoms with van der Waals surface area (Å²) < 4.78 is 43.2. The van der Waals surface area contributed by atoms with Crippen LogP contribution in [0.1, 0.15) is 12.0 Å². The summed E-state index contributed by atoms with van der Waals surface area (Å²) in [5.41, 5.74) is 1.05. The number of fused-ring (bicyclic) bond motifs is 1. The number of amides is 1. The summed E-state index contributed by atoms with van der Waals surface area (Å²) in [4.78, 5) is 28.8. The number of carbonyl (C=O) groups is 1. The first-order valence-electron chi connectivity index (χ1n) is 8.91. The monoisotopic (exact) mass is 483 g/mol. The van der Waals surface area contributed by atoms with E-state index in [1.54, 1.807) is 30.3 Å². The second-order valence-electron chi connectivity index (χ2n) is 6.48. The first-order valence-corrected chi connectivity index (χ1v) is 9.70. The number of hydrogen-bond acceptors (Lipinski definition) is 4. The molecule has 0 spiro atoms. The highest BCUT2D eigenvalue weighted by atomic mass is 79.9. The lowest BCUT2D eigenvalue weighted by atomic mass is 10.2. The molecule has 6 nitrogen and oxygen atoms in total. The Morgan fingerprint density at radius 2 is 1.90 bits per heavy atom. The number of aromatic nitrogens is 2. The largest absolute Gasteiger partial charge is 0.484 e. The summed E-state index contributed by atoms with van der Waals surface area (Å²) in [6.07, 6.45) is -2.91. The summed E-state index contributed by atoms with van der Waals surface area (Å²) in [6, 6.07) is 11.2. The fourth-order valence-electron chi connectivity index (χ4n) is 2.67. The predicted octanol–water partition coefficient (Wildman–Crippen LogP) is 3.81. The van der Waals surface area contributed by atoms with Crippen molar-refractivity contribution in [3.63, 3.8) is 0 Å². The Morgan fingerprint density at radius 1 is 1.17 bits per heavy atom. The van der Waals surface area contributed by atoms with E-state index in [2.05, 4.69) is 31.0 Å². The van der Waals surface area contributed by atoms with E-state index in [0.717, 1.165) is 4.47 Å². The summed E-state index contributed by atoms with van der Waals surface area (Å²) >= 11 is 3.32. The molecule has 3 rings (SSSR count). The zero-order valence-electron chi connectivity index (χ0n) is 15.6. The second-order valence-corrected chi connectivity index (χ2v) is 7.39. The highest BCUT2D eigenvalue weighted by Gasteiger charge is 2.28. The molecule has 0 bridgehead atoms. The zero-order chi connectivity index (χ0) is 21.7. The van der Waals surface area contributed by atoms with E-state index >= 15 is 0 Å². The van der Waals surface area contributed by atoms with Crippen molar-refractivity contribution in [1.82, 2.24) is 14.9 Å². The molecule has 0 unspecified atom stereocenters. The molecule has 0 fully saturated rings. The fraction of sp³-hybridized carbons (Fsp3) is 0.250. The fourth-order valence-corrected chi connectivity index (χ4v) is 3.03. The number of rotatable bonds is 7. The van der Waals surface area contributed by atoms with Gasteiger partial charge in [-0.2, -0.15) is 13.2 Å². The van der Waals surface area contributed by atoms with E-state index in [1.165, 1.54) is 23.0 Å². The maximum atomic E-state index is 12.5. The number of ether oxygens (including phenoxy) is 1. The van der Waals surface area contributed by atoms with E-state index in [-0.39, 0.29) is 36.7 Å². The molecular formula is C20H17BrF3N3O3. The molecule has 2 aromatic carbocycles. The van der Waals surface area contributed by atoms with Crippen LogP contribution in [0, 0.1) is 0 Å². The first kappa shape index (κ1) is 21.8. The third-order valence-corrected chi connectivity index (χ3v) is 4.67. The summed E-state index contributed by atoms with van der Waals surface area (Å²) in [6.45, 7) is -0.983. The molecule has 0 aliphatic carbocycles. The van der Waals surface area contributed by atoms with Crippen LogP contribution in [0.15, 0.2) is 58.1 Å². The average Bonchev–Trinajstić information content (AvgIpc) is 2.71. The number of halogens is 4. The van der Waals surface area contributed by atoms with Gasteiger partial charge >= 0.3 is 6.18 Å². The number of alkyl halides is 3. The molecule has 1 heterocycles. The lowest BCUT2D eigenvalue weighted by molar-refractivity contribution is -0.153. The quantitative estimate of drug-likeness (QED) is 0.554. The number of benzene rings is 2. The smallest absolute Gasteiger partial charge is 0.422 e. The van der Waals surface area contributed by atoms with Gasteiger partial charge in [-0.3, -0.25) is 14.2 Å². The maximum Gasteiger partial charge on any atom is 0.422 e. The molecule has 0 aliphatic heterocycles. The van der Waals surface area contributed by atoms with E-state index < -0.39 is 12.8 Å². The highest BCUT2D eigenvalue weighted by Crippen LogP contribution is 2.19. The molecule has 10 heteroatoms. The van der Waals surface area contributed by atoms with Crippen LogP contribution in [-0.4, -0.2) is 28.2 Å². The summed E-state index contributed by atoms with van der Waals surface area (Å²) in [5.74, 6) is -0.175. The molecule has 0 saturated heterocycles. The lowest BCUT2D eigenvalue weighted by Gasteiger charge is -2.10. The topological polar surface area (TPSA) is 73.2 Å². The number of nitrogens with one attached hydrogen (secondary N) is 1. The SMILES string of the molecule is O=C(CCn1cnc2ccc(Br)cc2c1=O)NCc1ccc(OCC(F)(F)F)cc1. The molecule has 0 aliphatic rings. The van der Waals surface area contributed by atoms with Crippen LogP contribution in [0.3, 0.4) is 0 Å². The van der Waals surface area contributed by atoms with Crippen LogP contribution < -0.4 is 15.6 Å². The molecular weight excluding hydrogens is 467 g/mol. The van der Waals surface area contributed by atoms with Gasteiger partial charge in [0.05, 0.1) is 17.2 Å². The molecule has 30 heavy (non-hydrogen) atoms. The molecule has 0 atom stereocenters. The van der Waals surface area contributed by atoms with Crippen molar-refractivity contribution in [3.05, 3.63) is 69.2 Å². The number of nitrogens with zero attached hydrogens (tertiary/aromatic N) is 2. The van der Waals surface area contributed by atoms with Gasteiger partial charge in [0.2, 0.25) is 5.91 Å². The zero-order valence-corrected chi connectivity index (χ0v) is 17.2. The second kappa shape index (κ2) is 9.29. The van der Waals surface area contributed by atoms with E-state index in [4.69, 9.17) is 0 Å². The minimum atomic E-state index is -4.40. The minimum Gasteiger partial charge on any atom is -0.484 e. The molecule has 0 saturated carbocycles. The standard InChI is InChI=1S/C20H17BrF3N3O3/c21-14-3-6-17-16(9-14)19(29)27(12-26-17)8-7-18(28)25-10-13-1-4-15(5-2-13)30-11-20(22,23)24/h1-6,9,12H,7-8,10-11H2,(H,25,28). The van der Waals surface area contributed by atoms with Crippen molar-refractivity contribution < 1.29 is 22.7 Å². The van der Waals surface area contributed by atoms with Gasteiger partial charge in [-0.05, 0) is 35.9 Å². The maximum absolute atomic E-state index is 12.5. The minimum absolute atomic E-state index is 0.0773. The third-order valence-electron chi connectivity index (χ3n) is 4.18. The van der Waals surface area contributed by atoms with Gasteiger partial charge in [0, 0.05) is 24.0 Å². The van der Waals surface area contributed by atoms with Crippen LogP contribution in [0.4, 0.5) is 13.2 Å². The first-order chi connectivity index (χ1) is 14.2. The van der Waals surface area contributed by atoms with Crippen LogP contribution in [0.5, 0.6) is 5.75 Å². The Bertz CT molecular complexity index is 1100. The van der Waals surface area contributed by atoms with Crippen LogP contribution in [0.2, 0.25) is 0 Å². The van der Waals surface area contributed by atoms with Crippen molar-refractivity contribution >= 4 is 32.7 Å². The molecule has 1 amide bonds. The van der Waals surface area contributed by atoms with E-state index in [0.29, 0.717) is 16.5 Å². The Kier molecular flexibility index (Phi) is 6.76. The lowest BCUT2D eigenvalue weighted by Crippen LogP contribution is -2.27. The third kappa shape index (κ3) is 6.06. The van der Waals surface area contributed by atoms with Crippen molar-refractivity contribution in [2.45, 2.75) is 25.7 Å². The van der Waals surface area contributed by atoms with Crippen molar-refractivity contribution in [1.29, 1.82) is 0 Å². The highest BCUT2D eigenvalue weighted by molar-refractivity contribution is 9.10. The van der Waals surface area contributed by atoms with Gasteiger partial charge in [-0.25, -0.2) is 4.98 Å². The van der Waals surface area contributed by atoms with Gasteiger partial charge < -0.3 is 10.1 Å². The van der Waals surface area contributed by atoms with Gasteiger partial charge in [0.25, 0.3) is 5.56 Å².